The first-order valence-corrected chi connectivity index (χ1v) is 19.7. The Kier molecular flexibility index (Phi) is 16.9. The number of nitrogens with zero attached hydrogens (tertiary/aromatic N) is 1. The molecule has 11 heteroatoms. The van der Waals surface area contributed by atoms with Crippen LogP contribution < -0.4 is 34.3 Å². The molecular weight excluding hydrogens is 714 g/mol. The van der Waals surface area contributed by atoms with Crippen molar-refractivity contribution < 1.29 is 71.2 Å². The molecule has 2 aliphatic heterocycles. The van der Waals surface area contributed by atoms with Crippen LogP contribution in [0.3, 0.4) is 0 Å². The van der Waals surface area contributed by atoms with Gasteiger partial charge in [0.1, 0.15) is 28.2 Å². The van der Waals surface area contributed by atoms with E-state index in [1.165, 1.54) is 23.3 Å². The van der Waals surface area contributed by atoms with Crippen molar-refractivity contribution in [3.8, 4) is 5.75 Å². The number of rotatable bonds is 18. The average molecular weight is 769 g/mol. The van der Waals surface area contributed by atoms with Gasteiger partial charge in [0.15, 0.2) is 5.71 Å². The van der Waals surface area contributed by atoms with Crippen molar-refractivity contribution in [2.24, 2.45) is 5.41 Å². The van der Waals surface area contributed by atoms with Crippen molar-refractivity contribution in [2.45, 2.75) is 89.4 Å². The predicted molar refractivity (Wildman–Crippen MR) is 209 cm³/mol. The van der Waals surface area contributed by atoms with Crippen molar-refractivity contribution in [3.63, 3.8) is 0 Å². The molecule has 2 aromatic carbocycles. The number of aliphatic carboxylic acids is 1. The van der Waals surface area contributed by atoms with Gasteiger partial charge in [0.05, 0.1) is 10.3 Å². The Morgan fingerprint density at radius 2 is 1.63 bits per heavy atom. The maximum Gasteiger partial charge on any atom is 1.00 e. The molecule has 1 N–H and O–H groups in total. The van der Waals surface area contributed by atoms with Gasteiger partial charge in [-0.25, -0.2) is 8.42 Å². The smallest absolute Gasteiger partial charge is 0.744 e. The summed E-state index contributed by atoms with van der Waals surface area (Å²) >= 11 is 0. The monoisotopic (exact) mass is 768 g/mol. The number of fused-ring (bicyclic) bond motifs is 2. The number of ether oxygens (including phenoxy) is 3. The molecule has 0 bridgehead atoms. The molecule has 0 aromatic heterocycles. The summed E-state index contributed by atoms with van der Waals surface area (Å²) in [6, 6.07) is 11.1. The number of unbranched alkanes of at least 4 members (excludes halogenated alkanes) is 2. The zero-order chi connectivity index (χ0) is 38.8. The zero-order valence-electron chi connectivity index (χ0n) is 33.2. The fraction of sp³-hybridized carbons (Fsp3) is 0.442. The van der Waals surface area contributed by atoms with Gasteiger partial charge in [-0.1, -0.05) is 63.3 Å². The third-order valence-corrected chi connectivity index (χ3v) is 10.6. The Morgan fingerprint density at radius 1 is 0.963 bits per heavy atom. The van der Waals surface area contributed by atoms with Crippen molar-refractivity contribution >= 4 is 33.1 Å². The van der Waals surface area contributed by atoms with E-state index >= 15 is 0 Å². The largest absolute Gasteiger partial charge is 1.00 e. The van der Waals surface area contributed by atoms with Crippen LogP contribution >= 0.6 is 0 Å². The average Bonchev–Trinajstić information content (AvgIpc) is 3.30. The number of benzene rings is 2. The number of hydrogen-bond acceptors (Lipinski definition) is 7. The summed E-state index contributed by atoms with van der Waals surface area (Å²) in [6.07, 6.45) is 19.8. The van der Waals surface area contributed by atoms with Gasteiger partial charge in [0, 0.05) is 63.5 Å². The van der Waals surface area contributed by atoms with Crippen molar-refractivity contribution in [1.29, 1.82) is 0 Å². The summed E-state index contributed by atoms with van der Waals surface area (Å²) in [4.78, 5) is 10.7. The van der Waals surface area contributed by atoms with Crippen molar-refractivity contribution in [1.82, 2.24) is 0 Å². The molecule has 0 atom stereocenters. The quantitative estimate of drug-likeness (QED) is 0.0659. The van der Waals surface area contributed by atoms with Crippen LogP contribution in [0.2, 0.25) is 0 Å². The first kappa shape index (κ1) is 45.3. The van der Waals surface area contributed by atoms with Gasteiger partial charge in [0.25, 0.3) is 0 Å². The predicted octanol–water partition coefficient (Wildman–Crippen LogP) is 5.85. The summed E-state index contributed by atoms with van der Waals surface area (Å²) in [5, 5.41) is 9.01. The van der Waals surface area contributed by atoms with Crippen molar-refractivity contribution in [3.05, 3.63) is 107 Å². The minimum atomic E-state index is -4.61. The SMILES string of the molecule is COCCC(CCOC)c1ccc2c(c1)OC(=CC=CC=CC=CC1=[N+](CCCCCC(=O)O)c3ccc(S(=O)(=O)[O-])cc3C1(C)C)C=C2C(C)(C)C.[Na+]. The van der Waals surface area contributed by atoms with Crippen LogP contribution in [0.4, 0.5) is 5.69 Å². The van der Waals surface area contributed by atoms with Crippen LogP contribution in [0.5, 0.6) is 5.75 Å². The standard InChI is InChI=1S/C43H55NO8S.Na/c1-42(2,3)36-29-33(52-39-28-32(19-21-35(36)39)31(23-26-50-6)24-27-51-7)16-12-9-8-10-13-17-40-43(4,5)37-30-34(53(47,48)49)20-22-38(37)44(40)25-15-11-14-18-41(45)46;/h8-10,12-13,16-17,19-22,28-31H,11,14-15,18,23-27H2,1-7H3,(H-,45,46,47,48,49);/q;+1. The Hall–Kier alpha value is -3.09. The maximum absolute atomic E-state index is 11.8. The molecule has 286 valence electrons. The van der Waals surface area contributed by atoms with Crippen LogP contribution in [0.1, 0.15) is 95.8 Å². The molecule has 4 rings (SSSR count). The van der Waals surface area contributed by atoms with E-state index < -0.39 is 21.5 Å². The van der Waals surface area contributed by atoms with E-state index in [1.54, 1.807) is 20.3 Å². The Balaban J connectivity index is 0.00000784. The second-order valence-electron chi connectivity index (χ2n) is 15.1. The molecule has 0 fully saturated rings. The van der Waals surface area contributed by atoms with E-state index in [9.17, 15) is 17.8 Å². The first-order valence-electron chi connectivity index (χ1n) is 18.3. The summed E-state index contributed by atoms with van der Waals surface area (Å²) in [5.74, 6) is 1.08. The normalized spacial score (nSPS) is 16.3. The molecule has 0 saturated carbocycles. The molecule has 9 nitrogen and oxygen atoms in total. The minimum Gasteiger partial charge on any atom is -0.744 e. The molecule has 0 amide bonds. The third kappa shape index (κ3) is 12.0. The van der Waals surface area contributed by atoms with Gasteiger partial charge in [-0.05, 0) is 92.4 Å². The molecule has 2 aromatic rings. The van der Waals surface area contributed by atoms with Crippen LogP contribution in [0.25, 0.3) is 5.57 Å². The van der Waals surface area contributed by atoms with Gasteiger partial charge in [-0.2, -0.15) is 4.58 Å². The Labute approximate surface area is 344 Å². The fourth-order valence-electron chi connectivity index (χ4n) is 6.94. The third-order valence-electron chi connectivity index (χ3n) is 9.81. The van der Waals surface area contributed by atoms with E-state index in [0.29, 0.717) is 32.1 Å². The molecular formula is C43H55NNaO8S+. The fourth-order valence-corrected chi connectivity index (χ4v) is 7.44. The van der Waals surface area contributed by atoms with Crippen LogP contribution in [0.15, 0.2) is 95.7 Å². The van der Waals surface area contributed by atoms with Gasteiger partial charge in [0.2, 0.25) is 5.69 Å². The van der Waals surface area contributed by atoms with Crippen LogP contribution in [-0.4, -0.2) is 68.3 Å². The van der Waals surface area contributed by atoms with E-state index in [4.69, 9.17) is 19.3 Å². The summed E-state index contributed by atoms with van der Waals surface area (Å²) in [6.45, 7) is 12.6. The second-order valence-corrected chi connectivity index (χ2v) is 16.5. The number of carboxylic acid groups (broad SMARTS) is 1. The van der Waals surface area contributed by atoms with E-state index in [0.717, 1.165) is 59.7 Å². The van der Waals surface area contributed by atoms with E-state index in [1.807, 2.05) is 56.4 Å². The summed E-state index contributed by atoms with van der Waals surface area (Å²) in [5.41, 5.74) is 5.41. The van der Waals surface area contributed by atoms with Gasteiger partial charge < -0.3 is 23.9 Å². The minimum absolute atomic E-state index is 0. The maximum atomic E-state index is 11.8. The number of methoxy groups -OCH3 is 2. The van der Waals surface area contributed by atoms with Crippen LogP contribution in [0, 0.1) is 5.41 Å². The van der Waals surface area contributed by atoms with Crippen LogP contribution in [-0.2, 0) is 29.8 Å². The Morgan fingerprint density at radius 3 is 2.26 bits per heavy atom. The van der Waals surface area contributed by atoms with Gasteiger partial charge in [-0.15, -0.1) is 0 Å². The molecule has 0 unspecified atom stereocenters. The molecule has 0 saturated heterocycles. The van der Waals surface area contributed by atoms with Gasteiger partial charge in [-0.3, -0.25) is 4.79 Å². The zero-order valence-corrected chi connectivity index (χ0v) is 36.0. The molecule has 0 aliphatic carbocycles. The van der Waals surface area contributed by atoms with E-state index in [2.05, 4.69) is 49.6 Å². The molecule has 2 aliphatic rings. The molecule has 54 heavy (non-hydrogen) atoms. The molecule has 0 spiro atoms. The molecule has 2 heterocycles. The number of carboxylic acids is 1. The number of hydrogen-bond donors (Lipinski definition) is 1. The number of allylic oxidation sites excluding steroid dienone is 9. The topological polar surface area (TPSA) is 125 Å². The number of carbonyl (C=O) groups is 1. The molecule has 0 radical (unpaired) electrons. The second kappa shape index (κ2) is 20.2. The Bertz CT molecular complexity index is 1920. The van der Waals surface area contributed by atoms with Crippen molar-refractivity contribution in [2.75, 3.05) is 34.0 Å². The summed E-state index contributed by atoms with van der Waals surface area (Å²) < 4.78 is 54.9. The first-order chi connectivity index (χ1) is 25.1. The summed E-state index contributed by atoms with van der Waals surface area (Å²) in [7, 11) is -1.16. The van der Waals surface area contributed by atoms with Gasteiger partial charge >= 0.3 is 35.5 Å². The van der Waals surface area contributed by atoms with E-state index in [-0.39, 0.29) is 46.3 Å².